The summed E-state index contributed by atoms with van der Waals surface area (Å²) in [5.41, 5.74) is 8.79. The summed E-state index contributed by atoms with van der Waals surface area (Å²) in [5.74, 6) is -0.738. The van der Waals surface area contributed by atoms with E-state index < -0.39 is 21.5 Å². The maximum absolute atomic E-state index is 14.7. The molecule has 2 aromatic heterocycles. The molecule has 1 aromatic carbocycles. The minimum Gasteiger partial charge on any atom is -0.494 e. The number of ether oxygens (including phenoxy) is 1. The van der Waals surface area contributed by atoms with Crippen LogP contribution in [0, 0.1) is 18.6 Å². The van der Waals surface area contributed by atoms with Gasteiger partial charge in [-0.2, -0.15) is 10.2 Å². The summed E-state index contributed by atoms with van der Waals surface area (Å²) in [6.45, 7) is 4.02. The highest BCUT2D eigenvalue weighted by Crippen LogP contribution is 2.44. The Morgan fingerprint density at radius 2 is 1.82 bits per heavy atom. The molecule has 0 saturated heterocycles. The van der Waals surface area contributed by atoms with Crippen molar-refractivity contribution in [2.75, 3.05) is 24.3 Å². The predicted octanol–water partition coefficient (Wildman–Crippen LogP) is 3.28. The minimum atomic E-state index is -3.17. The molecule has 1 aliphatic rings. The highest BCUT2D eigenvalue weighted by Gasteiger charge is 2.32. The lowest BCUT2D eigenvalue weighted by atomic mass is 10.1. The van der Waals surface area contributed by atoms with E-state index in [2.05, 4.69) is 10.2 Å². The van der Waals surface area contributed by atoms with Gasteiger partial charge in [0.15, 0.2) is 0 Å². The van der Waals surface area contributed by atoms with Gasteiger partial charge in [-0.25, -0.2) is 21.9 Å². The highest BCUT2D eigenvalue weighted by molar-refractivity contribution is 7.90. The van der Waals surface area contributed by atoms with Crippen LogP contribution < -0.4 is 10.5 Å². The molecule has 0 bridgehead atoms. The van der Waals surface area contributed by atoms with Crippen molar-refractivity contribution in [1.82, 2.24) is 19.6 Å². The van der Waals surface area contributed by atoms with Crippen LogP contribution in [0.5, 0.6) is 5.75 Å². The average molecular weight is 480 g/mol. The number of halogens is 2. The topological polar surface area (TPSA) is 105 Å². The van der Waals surface area contributed by atoms with Gasteiger partial charge in [0.05, 0.1) is 25.4 Å². The lowest BCUT2D eigenvalue weighted by Gasteiger charge is -2.11. The molecule has 0 atom stereocenters. The Kier molecular flexibility index (Phi) is 6.17. The van der Waals surface area contributed by atoms with Gasteiger partial charge in [0, 0.05) is 47.2 Å². The SMILES string of the molecule is CCOc1cc(F)c(Cn2nc(-c3cc(N)n(CCS(C)(=O)=O)n3)c(C)c2C2CC2)c(F)c1. The number of rotatable bonds is 9. The monoisotopic (exact) mass is 479 g/mol. The number of nitrogens with two attached hydrogens (primary N) is 1. The van der Waals surface area contributed by atoms with Crippen molar-refractivity contribution in [2.45, 2.75) is 45.7 Å². The van der Waals surface area contributed by atoms with Crippen molar-refractivity contribution in [2.24, 2.45) is 0 Å². The molecule has 0 radical (unpaired) electrons. The van der Waals surface area contributed by atoms with Crippen molar-refractivity contribution in [3.05, 3.63) is 46.7 Å². The first-order chi connectivity index (χ1) is 15.6. The van der Waals surface area contributed by atoms with E-state index in [1.807, 2.05) is 6.92 Å². The molecule has 1 aliphatic carbocycles. The van der Waals surface area contributed by atoms with E-state index >= 15 is 0 Å². The Labute approximate surface area is 191 Å². The van der Waals surface area contributed by atoms with Crippen LogP contribution in [0.15, 0.2) is 18.2 Å². The standard InChI is InChI=1S/C22H27F2N5O3S/c1-4-32-15-9-17(23)16(18(24)10-15)12-29-22(14-5-6-14)13(2)21(27-29)19-11-20(25)28(26-19)7-8-33(3,30)31/h9-11,14H,4-8,12,25H2,1-3H3. The zero-order chi connectivity index (χ0) is 23.9. The van der Waals surface area contributed by atoms with Gasteiger partial charge >= 0.3 is 0 Å². The molecule has 0 aliphatic heterocycles. The number of benzene rings is 1. The number of anilines is 1. The quantitative estimate of drug-likeness (QED) is 0.505. The highest BCUT2D eigenvalue weighted by atomic mass is 32.2. The van der Waals surface area contributed by atoms with E-state index in [0.717, 1.165) is 30.4 Å². The third-order valence-corrected chi connectivity index (χ3v) is 6.59. The Hall–Kier alpha value is -2.95. The first kappa shape index (κ1) is 23.2. The van der Waals surface area contributed by atoms with Crippen molar-refractivity contribution < 1.29 is 21.9 Å². The van der Waals surface area contributed by atoms with Crippen LogP contribution in [0.2, 0.25) is 0 Å². The van der Waals surface area contributed by atoms with Crippen molar-refractivity contribution in [3.8, 4) is 17.1 Å². The fraction of sp³-hybridized carbons (Fsp3) is 0.455. The normalized spacial score (nSPS) is 14.1. The second-order valence-electron chi connectivity index (χ2n) is 8.40. The second kappa shape index (κ2) is 8.77. The third-order valence-electron chi connectivity index (χ3n) is 5.66. The number of hydrogen-bond acceptors (Lipinski definition) is 6. The van der Waals surface area contributed by atoms with E-state index in [9.17, 15) is 17.2 Å². The molecule has 0 amide bonds. The summed E-state index contributed by atoms with van der Waals surface area (Å²) in [4.78, 5) is 0. The van der Waals surface area contributed by atoms with Gasteiger partial charge in [0.25, 0.3) is 0 Å². The van der Waals surface area contributed by atoms with Crippen LogP contribution in [0.1, 0.15) is 42.5 Å². The number of nitrogen functional groups attached to an aromatic ring is 1. The molecule has 178 valence electrons. The molecule has 11 heteroatoms. The summed E-state index contributed by atoms with van der Waals surface area (Å²) >= 11 is 0. The van der Waals surface area contributed by atoms with Gasteiger partial charge in [-0.05, 0) is 26.7 Å². The zero-order valence-electron chi connectivity index (χ0n) is 18.8. The summed E-state index contributed by atoms with van der Waals surface area (Å²) in [7, 11) is -3.17. The van der Waals surface area contributed by atoms with Gasteiger partial charge in [-0.3, -0.25) is 4.68 Å². The molecule has 2 N–H and O–H groups in total. The number of aromatic nitrogens is 4. The first-order valence-corrected chi connectivity index (χ1v) is 12.8. The summed E-state index contributed by atoms with van der Waals surface area (Å²) in [6, 6.07) is 4.00. The van der Waals surface area contributed by atoms with Crippen LogP contribution >= 0.6 is 0 Å². The largest absolute Gasteiger partial charge is 0.494 e. The van der Waals surface area contributed by atoms with Gasteiger partial charge in [0.2, 0.25) is 0 Å². The molecule has 2 heterocycles. The fourth-order valence-electron chi connectivity index (χ4n) is 3.91. The minimum absolute atomic E-state index is 0.0684. The van der Waals surface area contributed by atoms with Gasteiger partial charge < -0.3 is 10.5 Å². The molecule has 0 spiro atoms. The van der Waals surface area contributed by atoms with Crippen LogP contribution in [-0.2, 0) is 22.9 Å². The van der Waals surface area contributed by atoms with Gasteiger partial charge in [-0.1, -0.05) is 0 Å². The summed E-state index contributed by atoms with van der Waals surface area (Å²) in [6.07, 6.45) is 3.11. The van der Waals surface area contributed by atoms with Gasteiger partial charge in [-0.15, -0.1) is 0 Å². The lowest BCUT2D eigenvalue weighted by Crippen LogP contribution is -2.13. The van der Waals surface area contributed by atoms with E-state index in [1.165, 1.54) is 16.8 Å². The molecule has 4 rings (SSSR count). The first-order valence-electron chi connectivity index (χ1n) is 10.8. The van der Waals surface area contributed by atoms with Crippen molar-refractivity contribution >= 4 is 15.7 Å². The van der Waals surface area contributed by atoms with Crippen molar-refractivity contribution in [1.29, 1.82) is 0 Å². The number of aryl methyl sites for hydroxylation is 1. The number of hydrogen-bond donors (Lipinski definition) is 1. The Morgan fingerprint density at radius 3 is 2.39 bits per heavy atom. The van der Waals surface area contributed by atoms with E-state index in [0.29, 0.717) is 23.8 Å². The number of nitrogens with zero attached hydrogens (tertiary/aromatic N) is 4. The predicted molar refractivity (Wildman–Crippen MR) is 121 cm³/mol. The molecule has 33 heavy (non-hydrogen) atoms. The maximum atomic E-state index is 14.7. The smallest absolute Gasteiger partial charge is 0.149 e. The molecular weight excluding hydrogens is 452 g/mol. The number of sulfone groups is 1. The Morgan fingerprint density at radius 1 is 1.15 bits per heavy atom. The van der Waals surface area contributed by atoms with Crippen LogP contribution in [0.25, 0.3) is 11.4 Å². The van der Waals surface area contributed by atoms with Crippen LogP contribution in [-0.4, -0.2) is 46.6 Å². The van der Waals surface area contributed by atoms with Gasteiger partial charge in [0.1, 0.15) is 44.4 Å². The third kappa shape index (κ3) is 5.02. The van der Waals surface area contributed by atoms with Crippen LogP contribution in [0.3, 0.4) is 0 Å². The van der Waals surface area contributed by atoms with E-state index in [1.54, 1.807) is 17.7 Å². The summed E-state index contributed by atoms with van der Waals surface area (Å²) < 4.78 is 60.7. The van der Waals surface area contributed by atoms with E-state index in [4.69, 9.17) is 10.5 Å². The lowest BCUT2D eigenvalue weighted by molar-refractivity contribution is 0.335. The average Bonchev–Trinajstić information content (AvgIpc) is 3.40. The second-order valence-corrected chi connectivity index (χ2v) is 10.7. The molecule has 1 saturated carbocycles. The maximum Gasteiger partial charge on any atom is 0.149 e. The fourth-order valence-corrected chi connectivity index (χ4v) is 4.42. The molecule has 1 fully saturated rings. The van der Waals surface area contributed by atoms with Crippen LogP contribution in [0.4, 0.5) is 14.6 Å². The molecular formula is C22H27F2N5O3S. The summed E-state index contributed by atoms with van der Waals surface area (Å²) in [5, 5.41) is 9.08. The molecule has 3 aromatic rings. The Bertz CT molecular complexity index is 1270. The molecule has 0 unspecified atom stereocenters. The zero-order valence-corrected chi connectivity index (χ0v) is 19.6. The van der Waals surface area contributed by atoms with E-state index in [-0.39, 0.29) is 36.1 Å². The molecule has 8 nitrogen and oxygen atoms in total. The van der Waals surface area contributed by atoms with Crippen molar-refractivity contribution in [3.63, 3.8) is 0 Å². The Balaban J connectivity index is 1.69.